The van der Waals surface area contributed by atoms with Gasteiger partial charge in [-0.1, -0.05) is 0 Å². The lowest BCUT2D eigenvalue weighted by atomic mass is 10.3. The highest BCUT2D eigenvalue weighted by Gasteiger charge is 2.18. The summed E-state index contributed by atoms with van der Waals surface area (Å²) < 4.78 is 5.00. The topological polar surface area (TPSA) is 55.7 Å². The molecule has 0 amide bonds. The van der Waals surface area contributed by atoms with Crippen LogP contribution in [0.2, 0.25) is 0 Å². The van der Waals surface area contributed by atoms with E-state index in [2.05, 4.69) is 4.99 Å². The summed E-state index contributed by atoms with van der Waals surface area (Å²) in [5.74, 6) is -0.426. The molecule has 0 heterocycles. The third kappa shape index (κ3) is 2.84. The van der Waals surface area contributed by atoms with Crippen LogP contribution in [0, 0.1) is 0 Å². The van der Waals surface area contributed by atoms with Crippen LogP contribution < -0.4 is 0 Å². The van der Waals surface area contributed by atoms with Gasteiger partial charge in [0.2, 0.25) is 6.08 Å². The molecule has 0 atom stereocenters. The average Bonchev–Trinajstić information content (AvgIpc) is 2.53. The van der Waals surface area contributed by atoms with Crippen LogP contribution in [-0.4, -0.2) is 24.7 Å². The van der Waals surface area contributed by atoms with Gasteiger partial charge in [0.15, 0.2) is 0 Å². The summed E-state index contributed by atoms with van der Waals surface area (Å²) in [4.78, 5) is 23.6. The van der Waals surface area contributed by atoms with Gasteiger partial charge in [-0.05, 0) is 25.7 Å². The van der Waals surface area contributed by atoms with Gasteiger partial charge in [-0.15, -0.1) is 0 Å². The molecule has 0 aromatic rings. The minimum absolute atomic E-state index is 0.0550. The highest BCUT2D eigenvalue weighted by atomic mass is 16.5. The predicted molar refractivity (Wildman–Crippen MR) is 41.3 cm³/mol. The molecular weight excluding hydrogens is 158 g/mol. The van der Waals surface area contributed by atoms with E-state index in [-0.39, 0.29) is 12.6 Å². The highest BCUT2D eigenvalue weighted by Crippen LogP contribution is 2.20. The normalized spacial score (nSPS) is 17.0. The number of isocyanates is 1. The number of nitrogens with zero attached hydrogens (tertiary/aromatic N) is 1. The Hall–Kier alpha value is -1.15. The first kappa shape index (κ1) is 8.94. The van der Waals surface area contributed by atoms with Gasteiger partial charge in [0, 0.05) is 0 Å². The van der Waals surface area contributed by atoms with Crippen LogP contribution in [0.15, 0.2) is 4.99 Å². The lowest BCUT2D eigenvalue weighted by Gasteiger charge is -2.08. The summed E-state index contributed by atoms with van der Waals surface area (Å²) in [6.07, 6.45) is 5.47. The van der Waals surface area contributed by atoms with Crippen molar-refractivity contribution in [2.75, 3.05) is 6.54 Å². The van der Waals surface area contributed by atoms with Crippen molar-refractivity contribution in [3.63, 3.8) is 0 Å². The second-order valence-electron chi connectivity index (χ2n) is 2.80. The quantitative estimate of drug-likeness (QED) is 0.357. The van der Waals surface area contributed by atoms with E-state index < -0.39 is 5.97 Å². The molecule has 0 aromatic carbocycles. The van der Waals surface area contributed by atoms with Crippen molar-refractivity contribution in [1.29, 1.82) is 0 Å². The molecule has 12 heavy (non-hydrogen) atoms. The van der Waals surface area contributed by atoms with Crippen LogP contribution in [0.4, 0.5) is 0 Å². The zero-order valence-electron chi connectivity index (χ0n) is 6.78. The monoisotopic (exact) mass is 169 g/mol. The fourth-order valence-corrected chi connectivity index (χ4v) is 1.33. The maximum Gasteiger partial charge on any atom is 0.328 e. The van der Waals surface area contributed by atoms with Crippen molar-refractivity contribution in [1.82, 2.24) is 0 Å². The smallest absolute Gasteiger partial charge is 0.328 e. The van der Waals surface area contributed by atoms with Crippen molar-refractivity contribution in [2.45, 2.75) is 31.8 Å². The molecule has 0 spiro atoms. The molecule has 1 aliphatic carbocycles. The van der Waals surface area contributed by atoms with Crippen molar-refractivity contribution < 1.29 is 14.3 Å². The van der Waals surface area contributed by atoms with E-state index in [1.54, 1.807) is 0 Å². The standard InChI is InChI=1S/C8H11NO3/c10-6-9-5-8(11)12-7-3-1-2-4-7/h7H,1-5H2. The molecule has 0 bridgehead atoms. The van der Waals surface area contributed by atoms with Gasteiger partial charge in [-0.3, -0.25) is 4.79 Å². The number of hydrogen-bond acceptors (Lipinski definition) is 4. The van der Waals surface area contributed by atoms with E-state index in [1.165, 1.54) is 6.08 Å². The lowest BCUT2D eigenvalue weighted by Crippen LogP contribution is -2.16. The van der Waals surface area contributed by atoms with E-state index in [0.717, 1.165) is 25.7 Å². The van der Waals surface area contributed by atoms with Gasteiger partial charge in [0.1, 0.15) is 12.6 Å². The number of aliphatic imine (C=N–C) groups is 1. The van der Waals surface area contributed by atoms with Crippen LogP contribution in [0.25, 0.3) is 0 Å². The molecular formula is C8H11NO3. The molecule has 0 aliphatic heterocycles. The second kappa shape index (κ2) is 4.67. The first-order valence-electron chi connectivity index (χ1n) is 4.06. The highest BCUT2D eigenvalue weighted by molar-refractivity contribution is 5.72. The van der Waals surface area contributed by atoms with Crippen LogP contribution in [0.5, 0.6) is 0 Å². The maximum atomic E-state index is 10.9. The number of carbonyl (C=O) groups excluding carboxylic acids is 2. The number of esters is 1. The third-order valence-corrected chi connectivity index (χ3v) is 1.87. The molecule has 4 nitrogen and oxygen atoms in total. The van der Waals surface area contributed by atoms with E-state index in [1.807, 2.05) is 0 Å². The van der Waals surface area contributed by atoms with Crippen LogP contribution in [-0.2, 0) is 14.3 Å². The molecule has 0 unspecified atom stereocenters. The van der Waals surface area contributed by atoms with Gasteiger partial charge in [-0.25, -0.2) is 4.79 Å². The van der Waals surface area contributed by atoms with Gasteiger partial charge >= 0.3 is 5.97 Å². The van der Waals surface area contributed by atoms with E-state index in [9.17, 15) is 9.59 Å². The number of carbonyl (C=O) groups is 1. The van der Waals surface area contributed by atoms with Gasteiger partial charge < -0.3 is 4.74 Å². The molecule has 0 N–H and O–H groups in total. The lowest BCUT2D eigenvalue weighted by molar-refractivity contribution is -0.146. The Labute approximate surface area is 70.6 Å². The summed E-state index contributed by atoms with van der Waals surface area (Å²) in [6, 6.07) is 0. The first-order valence-corrected chi connectivity index (χ1v) is 4.06. The van der Waals surface area contributed by atoms with Crippen LogP contribution >= 0.6 is 0 Å². The van der Waals surface area contributed by atoms with Gasteiger partial charge in [0.05, 0.1) is 0 Å². The Morgan fingerprint density at radius 3 is 2.75 bits per heavy atom. The van der Waals surface area contributed by atoms with Gasteiger partial charge in [-0.2, -0.15) is 4.99 Å². The summed E-state index contributed by atoms with van der Waals surface area (Å²) in [6.45, 7) is -0.194. The molecule has 0 aromatic heterocycles. The van der Waals surface area contributed by atoms with Crippen LogP contribution in [0.3, 0.4) is 0 Å². The Morgan fingerprint density at radius 1 is 1.50 bits per heavy atom. The molecule has 0 saturated heterocycles. The molecule has 1 fully saturated rings. The van der Waals surface area contributed by atoms with E-state index in [4.69, 9.17) is 4.74 Å². The molecule has 1 aliphatic rings. The molecule has 66 valence electrons. The Balaban J connectivity index is 2.20. The third-order valence-electron chi connectivity index (χ3n) is 1.87. The zero-order valence-corrected chi connectivity index (χ0v) is 6.78. The second-order valence-corrected chi connectivity index (χ2v) is 2.80. The minimum atomic E-state index is -0.426. The summed E-state index contributed by atoms with van der Waals surface area (Å²) in [7, 11) is 0. The van der Waals surface area contributed by atoms with Crippen molar-refractivity contribution in [3.8, 4) is 0 Å². The van der Waals surface area contributed by atoms with Crippen molar-refractivity contribution >= 4 is 12.0 Å². The van der Waals surface area contributed by atoms with E-state index >= 15 is 0 Å². The molecule has 4 heteroatoms. The predicted octanol–water partition coefficient (Wildman–Crippen LogP) is 0.808. The zero-order chi connectivity index (χ0) is 8.81. The summed E-state index contributed by atoms with van der Waals surface area (Å²) in [5.41, 5.74) is 0. The molecule has 0 radical (unpaired) electrons. The fourth-order valence-electron chi connectivity index (χ4n) is 1.33. The average molecular weight is 169 g/mol. The van der Waals surface area contributed by atoms with E-state index in [0.29, 0.717) is 0 Å². The van der Waals surface area contributed by atoms with Crippen LogP contribution in [0.1, 0.15) is 25.7 Å². The van der Waals surface area contributed by atoms with Gasteiger partial charge in [0.25, 0.3) is 0 Å². The molecule has 1 saturated carbocycles. The SMILES string of the molecule is O=C=NCC(=O)OC1CCCC1. The first-order chi connectivity index (χ1) is 5.83. The number of rotatable bonds is 3. The Bertz CT molecular complexity index is 202. The summed E-state index contributed by atoms with van der Waals surface area (Å²) in [5, 5.41) is 0. The minimum Gasteiger partial charge on any atom is -0.461 e. The van der Waals surface area contributed by atoms with Crippen molar-refractivity contribution in [3.05, 3.63) is 0 Å². The fraction of sp³-hybridized carbons (Fsp3) is 0.750. The maximum absolute atomic E-state index is 10.9. The molecule has 1 rings (SSSR count). The number of ether oxygens (including phenoxy) is 1. The largest absolute Gasteiger partial charge is 0.461 e. The Kier molecular flexibility index (Phi) is 3.48. The Morgan fingerprint density at radius 2 is 2.17 bits per heavy atom. The number of hydrogen-bond donors (Lipinski definition) is 0. The van der Waals surface area contributed by atoms with Crippen molar-refractivity contribution in [2.24, 2.45) is 4.99 Å². The summed E-state index contributed by atoms with van der Waals surface area (Å²) >= 11 is 0.